The Morgan fingerprint density at radius 2 is 1.77 bits per heavy atom. The Labute approximate surface area is 153 Å². The molecule has 0 unspecified atom stereocenters. The molecule has 2 heterocycles. The molecule has 0 N–H and O–H groups in total. The van der Waals surface area contributed by atoms with Crippen molar-refractivity contribution >= 4 is 21.5 Å². The average Bonchev–Trinajstić information content (AvgIpc) is 2.60. The van der Waals surface area contributed by atoms with Gasteiger partial charge in [0.1, 0.15) is 11.5 Å². The number of nitrogens with zero attached hydrogens (tertiary/aromatic N) is 1. The van der Waals surface area contributed by atoms with Crippen LogP contribution in [-0.4, -0.2) is 4.98 Å². The molecule has 0 bridgehead atoms. The normalized spacial score (nSPS) is 12.9. The average molecular weight is 339 g/mol. The van der Waals surface area contributed by atoms with Gasteiger partial charge in [-0.3, -0.25) is 4.98 Å². The molecule has 26 heavy (non-hydrogen) atoms. The SMILES string of the molecule is CC(C)(C)Cc1cc2c3c(nccc3c1)-c1ccc3ccccc3c1O2. The minimum atomic E-state index is 0.232. The van der Waals surface area contributed by atoms with Crippen molar-refractivity contribution in [3.63, 3.8) is 0 Å². The van der Waals surface area contributed by atoms with Gasteiger partial charge in [0.2, 0.25) is 0 Å². The maximum Gasteiger partial charge on any atom is 0.144 e. The van der Waals surface area contributed by atoms with Crippen molar-refractivity contribution in [3.8, 4) is 22.8 Å². The van der Waals surface area contributed by atoms with E-state index in [9.17, 15) is 0 Å². The van der Waals surface area contributed by atoms with E-state index in [0.29, 0.717) is 0 Å². The lowest BCUT2D eigenvalue weighted by Crippen LogP contribution is -2.09. The van der Waals surface area contributed by atoms with E-state index in [2.05, 4.69) is 75.4 Å². The molecule has 0 saturated heterocycles. The van der Waals surface area contributed by atoms with Crippen LogP contribution in [0.1, 0.15) is 26.3 Å². The smallest absolute Gasteiger partial charge is 0.144 e. The molecule has 2 nitrogen and oxygen atoms in total. The van der Waals surface area contributed by atoms with Crippen molar-refractivity contribution in [3.05, 3.63) is 66.4 Å². The van der Waals surface area contributed by atoms with Gasteiger partial charge in [-0.15, -0.1) is 0 Å². The van der Waals surface area contributed by atoms with Gasteiger partial charge in [-0.2, -0.15) is 0 Å². The molecule has 0 atom stereocenters. The van der Waals surface area contributed by atoms with E-state index in [1.165, 1.54) is 16.3 Å². The van der Waals surface area contributed by atoms with Gasteiger partial charge in [0, 0.05) is 17.1 Å². The molecular weight excluding hydrogens is 318 g/mol. The topological polar surface area (TPSA) is 22.1 Å². The molecule has 0 saturated carbocycles. The summed E-state index contributed by atoms with van der Waals surface area (Å²) in [5.74, 6) is 1.84. The van der Waals surface area contributed by atoms with Gasteiger partial charge < -0.3 is 4.74 Å². The van der Waals surface area contributed by atoms with Crippen molar-refractivity contribution in [2.24, 2.45) is 5.41 Å². The van der Waals surface area contributed by atoms with Gasteiger partial charge in [-0.05, 0) is 46.4 Å². The molecule has 128 valence electrons. The van der Waals surface area contributed by atoms with Crippen LogP contribution in [0.25, 0.3) is 32.8 Å². The van der Waals surface area contributed by atoms with Crippen LogP contribution in [0.15, 0.2) is 60.8 Å². The summed E-state index contributed by atoms with van der Waals surface area (Å²) < 4.78 is 6.48. The second-order valence-electron chi connectivity index (χ2n) is 8.35. The van der Waals surface area contributed by atoms with Crippen LogP contribution in [-0.2, 0) is 6.42 Å². The van der Waals surface area contributed by atoms with E-state index in [4.69, 9.17) is 9.72 Å². The Balaban J connectivity index is 1.80. The maximum absolute atomic E-state index is 6.48. The Bertz CT molecular complexity index is 1170. The summed E-state index contributed by atoms with van der Waals surface area (Å²) in [6.45, 7) is 6.80. The highest BCUT2D eigenvalue weighted by Gasteiger charge is 2.24. The summed E-state index contributed by atoms with van der Waals surface area (Å²) in [4.78, 5) is 4.71. The van der Waals surface area contributed by atoms with Crippen molar-refractivity contribution < 1.29 is 4.74 Å². The molecular formula is C24H21NO. The van der Waals surface area contributed by atoms with Gasteiger partial charge in [0.25, 0.3) is 0 Å². The number of pyridine rings is 1. The summed E-state index contributed by atoms with van der Waals surface area (Å²) in [6, 6.07) is 19.2. The second kappa shape index (κ2) is 5.31. The number of fused-ring (bicyclic) bond motifs is 4. The fourth-order valence-electron chi connectivity index (χ4n) is 3.99. The zero-order valence-electron chi connectivity index (χ0n) is 15.3. The van der Waals surface area contributed by atoms with E-state index in [0.717, 1.165) is 39.9 Å². The first kappa shape index (κ1) is 15.4. The van der Waals surface area contributed by atoms with Crippen LogP contribution >= 0.6 is 0 Å². The van der Waals surface area contributed by atoms with Gasteiger partial charge in [-0.25, -0.2) is 0 Å². The van der Waals surface area contributed by atoms with Gasteiger partial charge in [0.05, 0.1) is 11.1 Å². The largest absolute Gasteiger partial charge is 0.455 e. The zero-order chi connectivity index (χ0) is 17.9. The lowest BCUT2D eigenvalue weighted by Gasteiger charge is -2.24. The van der Waals surface area contributed by atoms with E-state index in [-0.39, 0.29) is 5.41 Å². The second-order valence-corrected chi connectivity index (χ2v) is 8.35. The van der Waals surface area contributed by atoms with Crippen LogP contribution in [0.2, 0.25) is 0 Å². The molecule has 0 fully saturated rings. The molecule has 2 heteroatoms. The Hall–Kier alpha value is -2.87. The molecule has 0 spiro atoms. The van der Waals surface area contributed by atoms with Crippen LogP contribution < -0.4 is 4.74 Å². The highest BCUT2D eigenvalue weighted by Crippen LogP contribution is 2.48. The van der Waals surface area contributed by atoms with E-state index in [1.807, 2.05) is 6.20 Å². The number of hydrogen-bond acceptors (Lipinski definition) is 2. The summed E-state index contributed by atoms with van der Waals surface area (Å²) in [6.07, 6.45) is 2.92. The van der Waals surface area contributed by atoms with Crippen LogP contribution in [0, 0.1) is 5.41 Å². The van der Waals surface area contributed by atoms with Crippen molar-refractivity contribution in [1.82, 2.24) is 4.98 Å². The molecule has 3 aromatic carbocycles. The van der Waals surface area contributed by atoms with Gasteiger partial charge >= 0.3 is 0 Å². The highest BCUT2D eigenvalue weighted by atomic mass is 16.5. The summed E-state index contributed by atoms with van der Waals surface area (Å²) in [5.41, 5.74) is 3.63. The maximum atomic E-state index is 6.48. The summed E-state index contributed by atoms with van der Waals surface area (Å²) in [5, 5.41) is 4.64. The Morgan fingerprint density at radius 1 is 0.923 bits per heavy atom. The number of benzene rings is 3. The van der Waals surface area contributed by atoms with E-state index in [1.54, 1.807) is 0 Å². The van der Waals surface area contributed by atoms with Gasteiger partial charge in [0.15, 0.2) is 0 Å². The zero-order valence-corrected chi connectivity index (χ0v) is 15.3. The number of hydrogen-bond donors (Lipinski definition) is 0. The Morgan fingerprint density at radius 3 is 2.62 bits per heavy atom. The highest BCUT2D eigenvalue weighted by molar-refractivity contribution is 6.06. The van der Waals surface area contributed by atoms with Crippen molar-refractivity contribution in [2.75, 3.05) is 0 Å². The number of rotatable bonds is 1. The van der Waals surface area contributed by atoms with Crippen molar-refractivity contribution in [1.29, 1.82) is 0 Å². The third-order valence-corrected chi connectivity index (χ3v) is 4.97. The Kier molecular flexibility index (Phi) is 3.14. The molecule has 1 aromatic heterocycles. The molecule has 0 radical (unpaired) electrons. The standard InChI is InChI=1S/C24H21NO/c1-24(2,3)14-15-12-17-10-11-25-22-19-9-8-16-6-4-5-7-18(16)23(19)26-20(13-15)21(17)22/h4-13H,14H2,1-3H3. The minimum absolute atomic E-state index is 0.232. The van der Waals surface area contributed by atoms with Crippen molar-refractivity contribution in [2.45, 2.75) is 27.2 Å². The first-order valence-corrected chi connectivity index (χ1v) is 9.11. The fraction of sp³-hybridized carbons (Fsp3) is 0.208. The number of ether oxygens (including phenoxy) is 1. The molecule has 1 aliphatic heterocycles. The first-order chi connectivity index (χ1) is 12.5. The molecule has 1 aliphatic rings. The molecule has 5 rings (SSSR count). The molecule has 0 amide bonds. The third kappa shape index (κ3) is 2.37. The van der Waals surface area contributed by atoms with E-state index >= 15 is 0 Å². The quantitative estimate of drug-likeness (QED) is 0.337. The summed E-state index contributed by atoms with van der Waals surface area (Å²) >= 11 is 0. The fourth-order valence-corrected chi connectivity index (χ4v) is 3.99. The van der Waals surface area contributed by atoms with Crippen LogP contribution in [0.3, 0.4) is 0 Å². The monoisotopic (exact) mass is 339 g/mol. The predicted octanol–water partition coefficient (Wildman–Crippen LogP) is 6.75. The van der Waals surface area contributed by atoms with Gasteiger partial charge in [-0.1, -0.05) is 57.2 Å². The minimum Gasteiger partial charge on any atom is -0.455 e. The van der Waals surface area contributed by atoms with E-state index < -0.39 is 0 Å². The predicted molar refractivity (Wildman–Crippen MR) is 108 cm³/mol. The van der Waals surface area contributed by atoms with Crippen LogP contribution in [0.5, 0.6) is 11.5 Å². The molecule has 4 aromatic rings. The molecule has 0 aliphatic carbocycles. The first-order valence-electron chi connectivity index (χ1n) is 9.11. The number of aromatic nitrogens is 1. The van der Waals surface area contributed by atoms with Crippen LogP contribution in [0.4, 0.5) is 0 Å². The summed E-state index contributed by atoms with van der Waals surface area (Å²) in [7, 11) is 0. The third-order valence-electron chi connectivity index (χ3n) is 4.97. The lowest BCUT2D eigenvalue weighted by atomic mass is 9.86. The lowest BCUT2D eigenvalue weighted by molar-refractivity contribution is 0.410.